The monoisotopic (exact) mass is 296 g/mol. The first kappa shape index (κ1) is 13.9. The standard InChI is InChI=1S/C16H12N2O4/c19-14(6-5-11-7-9-17-10-8-11)22-18-15(20)12-3-1-2-4-13(12)16(18)21/h1-4,7-10H,5-6H2. The van der Waals surface area contributed by atoms with Crippen LogP contribution in [0.2, 0.25) is 0 Å². The van der Waals surface area contributed by atoms with Crippen LogP contribution in [0, 0.1) is 0 Å². The van der Waals surface area contributed by atoms with Crippen molar-refractivity contribution >= 4 is 17.8 Å². The van der Waals surface area contributed by atoms with E-state index in [-0.39, 0.29) is 17.5 Å². The van der Waals surface area contributed by atoms with Crippen LogP contribution in [0.4, 0.5) is 0 Å². The topological polar surface area (TPSA) is 76.6 Å². The Morgan fingerprint density at radius 1 is 1.00 bits per heavy atom. The van der Waals surface area contributed by atoms with E-state index in [9.17, 15) is 14.4 Å². The summed E-state index contributed by atoms with van der Waals surface area (Å²) in [5.41, 5.74) is 1.41. The molecule has 0 fully saturated rings. The number of benzene rings is 1. The zero-order valence-corrected chi connectivity index (χ0v) is 11.6. The summed E-state index contributed by atoms with van der Waals surface area (Å²) in [6.45, 7) is 0. The van der Waals surface area contributed by atoms with Gasteiger partial charge >= 0.3 is 5.97 Å². The van der Waals surface area contributed by atoms with E-state index in [0.29, 0.717) is 11.5 Å². The molecule has 0 radical (unpaired) electrons. The molecule has 0 unspecified atom stereocenters. The first-order chi connectivity index (χ1) is 10.7. The summed E-state index contributed by atoms with van der Waals surface area (Å²) in [6.07, 6.45) is 3.78. The molecule has 2 heterocycles. The lowest BCUT2D eigenvalue weighted by Gasteiger charge is -2.12. The highest BCUT2D eigenvalue weighted by atomic mass is 16.7. The molecule has 0 bridgehead atoms. The minimum absolute atomic E-state index is 0.0669. The molecule has 0 aliphatic carbocycles. The van der Waals surface area contributed by atoms with Gasteiger partial charge in [-0.05, 0) is 36.2 Å². The predicted molar refractivity (Wildman–Crippen MR) is 75.6 cm³/mol. The Morgan fingerprint density at radius 3 is 2.18 bits per heavy atom. The Balaban J connectivity index is 1.63. The van der Waals surface area contributed by atoms with Gasteiger partial charge in [-0.3, -0.25) is 14.6 Å². The summed E-state index contributed by atoms with van der Waals surface area (Å²) in [5.74, 6) is -1.86. The maximum atomic E-state index is 12.0. The second-order valence-electron chi connectivity index (χ2n) is 4.77. The van der Waals surface area contributed by atoms with Crippen LogP contribution in [-0.4, -0.2) is 27.8 Å². The molecule has 110 valence electrons. The molecule has 3 rings (SSSR count). The first-order valence-electron chi connectivity index (χ1n) is 6.74. The lowest BCUT2D eigenvalue weighted by atomic mass is 10.1. The molecule has 0 spiro atoms. The summed E-state index contributed by atoms with van der Waals surface area (Å²) in [7, 11) is 0. The zero-order valence-electron chi connectivity index (χ0n) is 11.6. The van der Waals surface area contributed by atoms with Crippen molar-refractivity contribution in [2.24, 2.45) is 0 Å². The van der Waals surface area contributed by atoms with E-state index in [2.05, 4.69) is 4.98 Å². The van der Waals surface area contributed by atoms with E-state index in [1.165, 1.54) is 12.1 Å². The van der Waals surface area contributed by atoms with Gasteiger partial charge < -0.3 is 4.84 Å². The van der Waals surface area contributed by atoms with Crippen LogP contribution in [0.25, 0.3) is 0 Å². The quantitative estimate of drug-likeness (QED) is 0.804. The second-order valence-corrected chi connectivity index (χ2v) is 4.77. The number of rotatable bonds is 4. The summed E-state index contributed by atoms with van der Waals surface area (Å²) in [6, 6.07) is 9.93. The lowest BCUT2D eigenvalue weighted by Crippen LogP contribution is -2.32. The number of pyridine rings is 1. The Labute approximate surface area is 126 Å². The van der Waals surface area contributed by atoms with Crippen LogP contribution in [0.5, 0.6) is 0 Å². The van der Waals surface area contributed by atoms with E-state index in [0.717, 1.165) is 5.56 Å². The number of aryl methyl sites for hydroxylation is 1. The number of hydrogen-bond acceptors (Lipinski definition) is 5. The predicted octanol–water partition coefficient (Wildman–Crippen LogP) is 1.77. The van der Waals surface area contributed by atoms with Gasteiger partial charge in [-0.15, -0.1) is 0 Å². The number of hydroxylamine groups is 2. The van der Waals surface area contributed by atoms with Gasteiger partial charge in [0.1, 0.15) is 0 Å². The van der Waals surface area contributed by atoms with Gasteiger partial charge in [0.2, 0.25) is 0 Å². The molecule has 1 aromatic carbocycles. The van der Waals surface area contributed by atoms with E-state index in [1.807, 2.05) is 0 Å². The third-order valence-electron chi connectivity index (χ3n) is 3.32. The number of aromatic nitrogens is 1. The molecule has 6 heteroatoms. The van der Waals surface area contributed by atoms with Crippen molar-refractivity contribution < 1.29 is 19.2 Å². The fourth-order valence-electron chi connectivity index (χ4n) is 2.19. The number of amides is 2. The fourth-order valence-corrected chi connectivity index (χ4v) is 2.19. The number of hydrogen-bond donors (Lipinski definition) is 0. The van der Waals surface area contributed by atoms with E-state index in [4.69, 9.17) is 4.84 Å². The van der Waals surface area contributed by atoms with Crippen LogP contribution < -0.4 is 0 Å². The zero-order chi connectivity index (χ0) is 15.5. The molecular weight excluding hydrogens is 284 g/mol. The maximum Gasteiger partial charge on any atom is 0.333 e. The molecule has 0 atom stereocenters. The third kappa shape index (κ3) is 2.58. The Bertz CT molecular complexity index is 708. The molecule has 2 aromatic rings. The number of nitrogens with zero attached hydrogens (tertiary/aromatic N) is 2. The fraction of sp³-hybridized carbons (Fsp3) is 0.125. The second kappa shape index (κ2) is 5.77. The van der Waals surface area contributed by atoms with Crippen molar-refractivity contribution in [1.82, 2.24) is 10.0 Å². The van der Waals surface area contributed by atoms with Crippen molar-refractivity contribution in [1.29, 1.82) is 0 Å². The van der Waals surface area contributed by atoms with Gasteiger partial charge in [0.15, 0.2) is 0 Å². The average molecular weight is 296 g/mol. The Morgan fingerprint density at radius 2 is 1.59 bits per heavy atom. The number of carbonyl (C=O) groups excluding carboxylic acids is 3. The van der Waals surface area contributed by atoms with Crippen LogP contribution in [0.15, 0.2) is 48.8 Å². The maximum absolute atomic E-state index is 12.0. The van der Waals surface area contributed by atoms with Crippen molar-refractivity contribution in [3.63, 3.8) is 0 Å². The van der Waals surface area contributed by atoms with E-state index >= 15 is 0 Å². The molecular formula is C16H12N2O4. The van der Waals surface area contributed by atoms with Crippen molar-refractivity contribution in [3.8, 4) is 0 Å². The number of carbonyl (C=O) groups is 3. The molecule has 6 nitrogen and oxygen atoms in total. The summed E-state index contributed by atoms with van der Waals surface area (Å²) in [5, 5.41) is 0.527. The van der Waals surface area contributed by atoms with Crippen LogP contribution >= 0.6 is 0 Å². The van der Waals surface area contributed by atoms with Crippen molar-refractivity contribution in [2.45, 2.75) is 12.8 Å². The summed E-state index contributed by atoms with van der Waals surface area (Å²) in [4.78, 5) is 44.7. The van der Waals surface area contributed by atoms with Crippen LogP contribution in [0.1, 0.15) is 32.7 Å². The van der Waals surface area contributed by atoms with Crippen molar-refractivity contribution in [3.05, 3.63) is 65.5 Å². The molecule has 0 saturated carbocycles. The molecule has 1 aromatic heterocycles. The van der Waals surface area contributed by atoms with Gasteiger partial charge in [0, 0.05) is 12.4 Å². The minimum atomic E-state index is -0.633. The van der Waals surface area contributed by atoms with Crippen LogP contribution in [-0.2, 0) is 16.1 Å². The highest BCUT2D eigenvalue weighted by Gasteiger charge is 2.38. The number of fused-ring (bicyclic) bond motifs is 1. The van der Waals surface area contributed by atoms with Gasteiger partial charge in [0.25, 0.3) is 11.8 Å². The minimum Gasteiger partial charge on any atom is -0.330 e. The molecule has 0 saturated heterocycles. The van der Waals surface area contributed by atoms with Gasteiger partial charge in [-0.25, -0.2) is 4.79 Å². The molecule has 1 aliphatic heterocycles. The van der Waals surface area contributed by atoms with E-state index < -0.39 is 17.8 Å². The van der Waals surface area contributed by atoms with Crippen LogP contribution in [0.3, 0.4) is 0 Å². The smallest absolute Gasteiger partial charge is 0.330 e. The van der Waals surface area contributed by atoms with E-state index in [1.54, 1.807) is 36.7 Å². The van der Waals surface area contributed by atoms with Crippen molar-refractivity contribution in [2.75, 3.05) is 0 Å². The molecule has 1 aliphatic rings. The highest BCUT2D eigenvalue weighted by Crippen LogP contribution is 2.22. The normalized spacial score (nSPS) is 13.2. The van der Waals surface area contributed by atoms with Gasteiger partial charge in [-0.1, -0.05) is 17.2 Å². The molecule has 0 N–H and O–H groups in total. The highest BCUT2D eigenvalue weighted by molar-refractivity contribution is 6.20. The largest absolute Gasteiger partial charge is 0.333 e. The Kier molecular flexibility index (Phi) is 3.65. The molecule has 22 heavy (non-hydrogen) atoms. The lowest BCUT2D eigenvalue weighted by molar-refractivity contribution is -0.168. The number of imide groups is 1. The summed E-state index contributed by atoms with van der Waals surface area (Å²) < 4.78 is 0. The van der Waals surface area contributed by atoms with Gasteiger partial charge in [0.05, 0.1) is 17.5 Å². The Hall–Kier alpha value is -3.02. The molecule has 2 amide bonds. The first-order valence-corrected chi connectivity index (χ1v) is 6.74. The average Bonchev–Trinajstić information content (AvgIpc) is 2.79. The van der Waals surface area contributed by atoms with Gasteiger partial charge in [-0.2, -0.15) is 0 Å². The SMILES string of the molecule is O=C(CCc1ccncc1)ON1C(=O)c2ccccc2C1=O. The summed E-state index contributed by atoms with van der Waals surface area (Å²) >= 11 is 0. The third-order valence-corrected chi connectivity index (χ3v) is 3.32.